The Morgan fingerprint density at radius 3 is 2.38 bits per heavy atom. The van der Waals surface area contributed by atoms with Crippen LogP contribution in [0.4, 0.5) is 10.1 Å². The highest BCUT2D eigenvalue weighted by atomic mass is 32.2. The first-order chi connectivity index (χ1) is 17.7. The summed E-state index contributed by atoms with van der Waals surface area (Å²) in [5.41, 5.74) is 0.926. The van der Waals surface area contributed by atoms with E-state index < -0.39 is 34.5 Å². The van der Waals surface area contributed by atoms with Crippen molar-refractivity contribution in [3.63, 3.8) is 0 Å². The number of ether oxygens (including phenoxy) is 2. The highest BCUT2D eigenvalue weighted by Crippen LogP contribution is 2.42. The van der Waals surface area contributed by atoms with E-state index in [1.165, 1.54) is 42.5 Å². The van der Waals surface area contributed by atoms with Gasteiger partial charge >= 0.3 is 11.9 Å². The number of benzene rings is 2. The zero-order valence-electron chi connectivity index (χ0n) is 20.4. The largest absolute Gasteiger partial charge is 0.465 e. The smallest absolute Gasteiger partial charge is 0.336 e. The van der Waals surface area contributed by atoms with Crippen molar-refractivity contribution in [2.45, 2.75) is 26.7 Å². The lowest BCUT2D eigenvalue weighted by Crippen LogP contribution is -2.37. The van der Waals surface area contributed by atoms with Crippen LogP contribution in [0.15, 0.2) is 64.8 Å². The molecule has 2 unspecified atom stereocenters. The van der Waals surface area contributed by atoms with Crippen molar-refractivity contribution >= 4 is 40.2 Å². The molecule has 0 amide bonds. The van der Waals surface area contributed by atoms with Crippen LogP contribution in [-0.2, 0) is 19.1 Å². The predicted octanol–water partition coefficient (Wildman–Crippen LogP) is 4.86. The number of nitro groups is 1. The molecule has 3 rings (SSSR count). The number of thioether (sulfide) groups is 1. The van der Waals surface area contributed by atoms with E-state index >= 15 is 0 Å². The zero-order valence-corrected chi connectivity index (χ0v) is 21.2. The molecule has 0 radical (unpaired) electrons. The Hall–Kier alpha value is -3.86. The topological polar surface area (TPSA) is 125 Å². The fourth-order valence-electron chi connectivity index (χ4n) is 4.03. The molecule has 0 N–H and O–H groups in total. The summed E-state index contributed by atoms with van der Waals surface area (Å²) in [6.45, 7) is 4.97. The summed E-state index contributed by atoms with van der Waals surface area (Å²) < 4.78 is 23.8. The van der Waals surface area contributed by atoms with E-state index in [9.17, 15) is 28.9 Å². The first kappa shape index (κ1) is 27.7. The molecular formula is C26H25FN2O7S. The first-order valence-electron chi connectivity index (χ1n) is 11.5. The second kappa shape index (κ2) is 12.4. The molecule has 2 aromatic rings. The van der Waals surface area contributed by atoms with Gasteiger partial charge in [0.25, 0.3) is 5.69 Å². The molecule has 11 heteroatoms. The van der Waals surface area contributed by atoms with Gasteiger partial charge in [-0.3, -0.25) is 24.7 Å². The second-order valence-electron chi connectivity index (χ2n) is 7.98. The number of carbonyl (C=O) groups is 3. The van der Waals surface area contributed by atoms with E-state index in [1.54, 1.807) is 26.8 Å². The van der Waals surface area contributed by atoms with Gasteiger partial charge in [0, 0.05) is 35.1 Å². The van der Waals surface area contributed by atoms with Crippen molar-refractivity contribution in [1.82, 2.24) is 0 Å². The monoisotopic (exact) mass is 528 g/mol. The lowest BCUT2D eigenvalue weighted by Gasteiger charge is -2.32. The van der Waals surface area contributed by atoms with Crippen LogP contribution in [0, 0.1) is 21.8 Å². The maximum absolute atomic E-state index is 13.2. The number of non-ortho nitro benzene ring substituents is 1. The highest BCUT2D eigenvalue weighted by Gasteiger charge is 2.43. The number of halogens is 1. The van der Waals surface area contributed by atoms with Crippen molar-refractivity contribution in [3.05, 3.63) is 86.9 Å². The number of rotatable bonds is 9. The fourth-order valence-corrected chi connectivity index (χ4v) is 4.82. The molecular weight excluding hydrogens is 503 g/mol. The Morgan fingerprint density at radius 2 is 1.76 bits per heavy atom. The summed E-state index contributed by atoms with van der Waals surface area (Å²) in [7, 11) is 0. The number of esters is 2. The van der Waals surface area contributed by atoms with E-state index in [2.05, 4.69) is 4.99 Å². The van der Waals surface area contributed by atoms with Crippen molar-refractivity contribution < 1.29 is 33.2 Å². The molecule has 9 nitrogen and oxygen atoms in total. The minimum Gasteiger partial charge on any atom is -0.465 e. The molecule has 0 saturated carbocycles. The standard InChI is InChI=1S/C26H25FN2O7S/c1-4-35-24(30)21-15(3)28-20(14-37-26(32)16-9-11-18(27)12-10-16)23(25(31)36-5-2)22(21)17-7-6-8-19(13-17)29(33)34/h6-13,21-22H,4-5,14H2,1-3H3. The number of hydrogen-bond donors (Lipinski definition) is 0. The molecule has 0 spiro atoms. The van der Waals surface area contributed by atoms with Crippen LogP contribution in [0.1, 0.15) is 42.6 Å². The van der Waals surface area contributed by atoms with E-state index in [0.717, 1.165) is 11.8 Å². The summed E-state index contributed by atoms with van der Waals surface area (Å²) >= 11 is 0.850. The number of aliphatic imine (C=N–C) groups is 1. The van der Waals surface area contributed by atoms with Gasteiger partial charge in [-0.05, 0) is 50.6 Å². The molecule has 0 fully saturated rings. The molecule has 1 aliphatic heterocycles. The number of nitrogens with zero attached hydrogens (tertiary/aromatic N) is 2. The minimum absolute atomic E-state index is 0.0189. The molecule has 1 heterocycles. The summed E-state index contributed by atoms with van der Waals surface area (Å²) in [6, 6.07) is 10.7. The van der Waals surface area contributed by atoms with Crippen molar-refractivity contribution in [1.29, 1.82) is 0 Å². The van der Waals surface area contributed by atoms with Crippen LogP contribution >= 0.6 is 11.8 Å². The first-order valence-corrected chi connectivity index (χ1v) is 12.4. The SMILES string of the molecule is CCOC(=O)C1=C(CSC(=O)c2ccc(F)cc2)N=C(C)C(C(=O)OCC)C1c1cccc([N+](=O)[O-])c1. The summed E-state index contributed by atoms with van der Waals surface area (Å²) in [4.78, 5) is 54.3. The average Bonchev–Trinajstić information content (AvgIpc) is 2.87. The average molecular weight is 529 g/mol. The maximum atomic E-state index is 13.2. The van der Waals surface area contributed by atoms with E-state index in [0.29, 0.717) is 11.3 Å². The third-order valence-electron chi connectivity index (χ3n) is 5.61. The second-order valence-corrected chi connectivity index (χ2v) is 8.92. The van der Waals surface area contributed by atoms with Gasteiger partial charge in [-0.25, -0.2) is 9.18 Å². The lowest BCUT2D eigenvalue weighted by molar-refractivity contribution is -0.384. The maximum Gasteiger partial charge on any atom is 0.336 e. The Morgan fingerprint density at radius 1 is 1.08 bits per heavy atom. The van der Waals surface area contributed by atoms with Gasteiger partial charge in [0.05, 0.1) is 29.4 Å². The molecule has 2 aromatic carbocycles. The van der Waals surface area contributed by atoms with Gasteiger partial charge in [-0.1, -0.05) is 23.9 Å². The summed E-state index contributed by atoms with van der Waals surface area (Å²) in [6.07, 6.45) is 0. The van der Waals surface area contributed by atoms with Crippen LogP contribution in [0.5, 0.6) is 0 Å². The van der Waals surface area contributed by atoms with E-state index in [-0.39, 0.29) is 46.6 Å². The number of hydrogen-bond acceptors (Lipinski definition) is 9. The Balaban J connectivity index is 2.12. The van der Waals surface area contributed by atoms with E-state index in [4.69, 9.17) is 9.47 Å². The van der Waals surface area contributed by atoms with Crippen LogP contribution in [0.3, 0.4) is 0 Å². The van der Waals surface area contributed by atoms with Crippen molar-refractivity contribution in [3.8, 4) is 0 Å². The highest BCUT2D eigenvalue weighted by molar-refractivity contribution is 8.14. The molecule has 0 bridgehead atoms. The quantitative estimate of drug-likeness (QED) is 0.257. The van der Waals surface area contributed by atoms with Gasteiger partial charge < -0.3 is 9.47 Å². The Bertz CT molecular complexity index is 1270. The fraction of sp³-hybridized carbons (Fsp3) is 0.308. The lowest BCUT2D eigenvalue weighted by atomic mass is 9.75. The minimum atomic E-state index is -1.04. The van der Waals surface area contributed by atoms with Crippen LogP contribution < -0.4 is 0 Å². The Labute approximate surface area is 216 Å². The van der Waals surface area contributed by atoms with E-state index in [1.807, 2.05) is 0 Å². The number of nitro benzene ring substituents is 1. The van der Waals surface area contributed by atoms with Crippen LogP contribution in [0.2, 0.25) is 0 Å². The third-order valence-corrected chi connectivity index (χ3v) is 6.53. The number of carbonyl (C=O) groups excluding carboxylic acids is 3. The molecule has 2 atom stereocenters. The molecule has 194 valence electrons. The Kier molecular flexibility index (Phi) is 9.29. The van der Waals surface area contributed by atoms with Gasteiger partial charge in [0.2, 0.25) is 5.12 Å². The van der Waals surface area contributed by atoms with Crippen molar-refractivity contribution in [2.75, 3.05) is 19.0 Å². The third kappa shape index (κ3) is 6.48. The molecule has 1 aliphatic rings. The van der Waals surface area contributed by atoms with Gasteiger partial charge in [0.1, 0.15) is 11.7 Å². The normalized spacial score (nSPS) is 17.1. The van der Waals surface area contributed by atoms with Gasteiger partial charge in [0.15, 0.2) is 0 Å². The van der Waals surface area contributed by atoms with Crippen molar-refractivity contribution in [2.24, 2.45) is 10.9 Å². The molecule has 0 aliphatic carbocycles. The van der Waals surface area contributed by atoms with Crippen LogP contribution in [-0.4, -0.2) is 46.7 Å². The molecule has 37 heavy (non-hydrogen) atoms. The summed E-state index contributed by atoms with van der Waals surface area (Å²) in [5.74, 6) is -3.96. The molecule has 0 aromatic heterocycles. The van der Waals surface area contributed by atoms with Gasteiger partial charge in [-0.15, -0.1) is 0 Å². The van der Waals surface area contributed by atoms with Crippen LogP contribution in [0.25, 0.3) is 0 Å². The van der Waals surface area contributed by atoms with Gasteiger partial charge in [-0.2, -0.15) is 0 Å². The zero-order chi connectivity index (χ0) is 27.1. The molecule has 0 saturated heterocycles. The predicted molar refractivity (Wildman–Crippen MR) is 136 cm³/mol. The summed E-state index contributed by atoms with van der Waals surface area (Å²) in [5, 5.41) is 11.1.